The van der Waals surface area contributed by atoms with Crippen molar-refractivity contribution >= 4 is 23.4 Å². The van der Waals surface area contributed by atoms with Gasteiger partial charge in [0.2, 0.25) is 0 Å². The van der Waals surface area contributed by atoms with Gasteiger partial charge in [0.1, 0.15) is 0 Å². The van der Waals surface area contributed by atoms with Crippen molar-refractivity contribution in [3.05, 3.63) is 33.8 Å². The molecule has 0 aromatic carbocycles. The highest BCUT2D eigenvalue weighted by Crippen LogP contribution is 2.22. The van der Waals surface area contributed by atoms with Gasteiger partial charge in [-0.05, 0) is 18.3 Å². The average molecular weight is 336 g/mol. The van der Waals surface area contributed by atoms with E-state index in [4.69, 9.17) is 5.11 Å². The van der Waals surface area contributed by atoms with Gasteiger partial charge in [0, 0.05) is 7.05 Å². The second kappa shape index (κ2) is 6.48. The molecule has 0 aliphatic rings. The molecule has 0 unspecified atom stereocenters. The monoisotopic (exact) mass is 336 g/mol. The summed E-state index contributed by atoms with van der Waals surface area (Å²) in [6.45, 7) is 3.32. The summed E-state index contributed by atoms with van der Waals surface area (Å²) in [5.41, 5.74) is 0.336. The zero-order valence-electron chi connectivity index (χ0n) is 13.3. The van der Waals surface area contributed by atoms with E-state index in [0.29, 0.717) is 12.1 Å². The number of hydrogen-bond donors (Lipinski definition) is 2. The number of hydrogen-bond acceptors (Lipinski definition) is 6. The van der Waals surface area contributed by atoms with Gasteiger partial charge in [0.15, 0.2) is 11.7 Å². The van der Waals surface area contributed by atoms with Crippen molar-refractivity contribution in [1.82, 2.24) is 19.6 Å². The topological polar surface area (TPSA) is 145 Å². The van der Waals surface area contributed by atoms with E-state index in [-0.39, 0.29) is 17.2 Å². The first-order valence-corrected chi connectivity index (χ1v) is 7.03. The molecule has 2 aromatic heterocycles. The van der Waals surface area contributed by atoms with Gasteiger partial charge < -0.3 is 20.5 Å². The summed E-state index contributed by atoms with van der Waals surface area (Å²) in [5, 5.41) is 30.1. The van der Waals surface area contributed by atoms with Crippen LogP contribution in [0.3, 0.4) is 0 Å². The number of carbonyl (C=O) groups is 2. The third-order valence-electron chi connectivity index (χ3n) is 3.48. The highest BCUT2D eigenvalue weighted by molar-refractivity contribution is 6.00. The molecule has 2 N–H and O–H groups in total. The van der Waals surface area contributed by atoms with Gasteiger partial charge in [-0.15, -0.1) is 0 Å². The first-order valence-electron chi connectivity index (χ1n) is 7.03. The first kappa shape index (κ1) is 17.1. The van der Waals surface area contributed by atoms with Crippen LogP contribution in [0, 0.1) is 17.0 Å². The molecule has 0 radical (unpaired) electrons. The number of nitro groups is 1. The van der Waals surface area contributed by atoms with Gasteiger partial charge in [-0.1, -0.05) is 6.92 Å². The van der Waals surface area contributed by atoms with E-state index in [2.05, 4.69) is 15.5 Å². The summed E-state index contributed by atoms with van der Waals surface area (Å²) >= 11 is 0. The fourth-order valence-electron chi connectivity index (χ4n) is 2.34. The minimum atomic E-state index is -1.23. The molecule has 128 valence electrons. The number of carbonyl (C=O) groups excluding carboxylic acids is 1. The molecule has 2 rings (SSSR count). The van der Waals surface area contributed by atoms with Crippen LogP contribution >= 0.6 is 0 Å². The number of rotatable bonds is 6. The zero-order valence-corrected chi connectivity index (χ0v) is 13.3. The van der Waals surface area contributed by atoms with Crippen molar-refractivity contribution < 1.29 is 19.6 Å². The van der Waals surface area contributed by atoms with Crippen LogP contribution in [-0.4, -0.2) is 41.5 Å². The van der Waals surface area contributed by atoms with E-state index in [1.807, 2.05) is 0 Å². The molecule has 24 heavy (non-hydrogen) atoms. The minimum absolute atomic E-state index is 0.0489. The molecule has 0 saturated heterocycles. The normalized spacial score (nSPS) is 12.0. The van der Waals surface area contributed by atoms with Crippen LogP contribution in [0.5, 0.6) is 0 Å². The van der Waals surface area contributed by atoms with Crippen molar-refractivity contribution in [2.45, 2.75) is 26.3 Å². The molecule has 11 heteroatoms. The number of aromatic nitrogens is 4. The molecule has 0 spiro atoms. The van der Waals surface area contributed by atoms with E-state index in [9.17, 15) is 19.7 Å². The van der Waals surface area contributed by atoms with Gasteiger partial charge in [-0.3, -0.25) is 9.48 Å². The molecule has 1 amide bonds. The average Bonchev–Trinajstić information content (AvgIpc) is 3.04. The highest BCUT2D eigenvalue weighted by Gasteiger charge is 2.28. The Kier molecular flexibility index (Phi) is 4.62. The van der Waals surface area contributed by atoms with E-state index < -0.39 is 22.8 Å². The quantitative estimate of drug-likeness (QED) is 0.593. The van der Waals surface area contributed by atoms with Gasteiger partial charge in [-0.25, -0.2) is 4.79 Å². The molecule has 0 saturated carbocycles. The number of amides is 1. The predicted octanol–water partition coefficient (Wildman–Crippen LogP) is 1.12. The van der Waals surface area contributed by atoms with E-state index in [0.717, 1.165) is 4.68 Å². The molecular weight excluding hydrogens is 320 g/mol. The molecular formula is C13H16N6O5. The zero-order chi connectivity index (χ0) is 18.0. The number of carboxylic acids is 1. The maximum absolute atomic E-state index is 12.5. The van der Waals surface area contributed by atoms with Crippen LogP contribution in [0.2, 0.25) is 0 Å². The number of nitrogens with zero attached hydrogens (tertiary/aromatic N) is 5. The first-order chi connectivity index (χ1) is 11.3. The number of aryl methyl sites for hydroxylation is 2. The number of nitrogens with one attached hydrogen (secondary N) is 1. The van der Waals surface area contributed by atoms with Crippen LogP contribution < -0.4 is 5.32 Å². The van der Waals surface area contributed by atoms with Gasteiger partial charge in [0.25, 0.3) is 5.91 Å². The van der Waals surface area contributed by atoms with Crippen LogP contribution in [0.15, 0.2) is 12.3 Å². The smallest absolute Gasteiger partial charge is 0.390 e. The fourth-order valence-corrected chi connectivity index (χ4v) is 2.34. The third-order valence-corrected chi connectivity index (χ3v) is 3.48. The predicted molar refractivity (Wildman–Crippen MR) is 81.7 cm³/mol. The Morgan fingerprint density at radius 3 is 2.67 bits per heavy atom. The molecule has 0 bridgehead atoms. The van der Waals surface area contributed by atoms with Crippen LogP contribution in [0.25, 0.3) is 0 Å². The summed E-state index contributed by atoms with van der Waals surface area (Å²) in [5.74, 6) is -2.12. The second-order valence-corrected chi connectivity index (χ2v) is 5.09. The lowest BCUT2D eigenvalue weighted by Gasteiger charge is -2.14. The molecule has 1 atom stereocenters. The van der Waals surface area contributed by atoms with Crippen LogP contribution in [-0.2, 0) is 11.8 Å². The lowest BCUT2D eigenvalue weighted by molar-refractivity contribution is -0.389. The molecule has 11 nitrogen and oxygen atoms in total. The Morgan fingerprint density at radius 2 is 2.17 bits per heavy atom. The number of anilines is 1. The summed E-state index contributed by atoms with van der Waals surface area (Å²) < 4.78 is 2.38. The SMILES string of the molecule is CC[C@H](C(=O)Nc1cnn(C)c1C(=O)O)n1nc([N+](=O)[O-])cc1C. The second-order valence-electron chi connectivity index (χ2n) is 5.09. The Labute approximate surface area is 136 Å². The van der Waals surface area contributed by atoms with E-state index in [1.54, 1.807) is 13.8 Å². The molecule has 0 aliphatic carbocycles. The molecule has 0 aliphatic heterocycles. The molecule has 0 fully saturated rings. The Balaban J connectivity index is 2.30. The standard InChI is InChI=1S/C13H16N6O5/c1-4-9(18-7(2)5-10(16-18)19(23)24)12(20)15-8-6-14-17(3)11(8)13(21)22/h5-6,9H,4H2,1-3H3,(H,15,20)(H,21,22)/t9-/m1/s1. The van der Waals surface area contributed by atoms with Gasteiger partial charge in [0.05, 0.1) is 28.7 Å². The maximum Gasteiger partial charge on any atom is 0.390 e. The van der Waals surface area contributed by atoms with Crippen molar-refractivity contribution in [1.29, 1.82) is 0 Å². The Morgan fingerprint density at radius 1 is 1.50 bits per heavy atom. The van der Waals surface area contributed by atoms with E-state index in [1.165, 1.54) is 24.0 Å². The summed E-state index contributed by atoms with van der Waals surface area (Å²) in [4.78, 5) is 33.9. The van der Waals surface area contributed by atoms with E-state index >= 15 is 0 Å². The van der Waals surface area contributed by atoms with Crippen LogP contribution in [0.4, 0.5) is 11.5 Å². The van der Waals surface area contributed by atoms with Crippen molar-refractivity contribution in [2.75, 3.05) is 5.32 Å². The maximum atomic E-state index is 12.5. The van der Waals surface area contributed by atoms with Gasteiger partial charge >= 0.3 is 11.8 Å². The lowest BCUT2D eigenvalue weighted by Crippen LogP contribution is -2.27. The number of carboxylic acid groups (broad SMARTS) is 1. The lowest BCUT2D eigenvalue weighted by atomic mass is 10.2. The van der Waals surface area contributed by atoms with Crippen molar-refractivity contribution in [3.63, 3.8) is 0 Å². The molecule has 2 aromatic rings. The highest BCUT2D eigenvalue weighted by atomic mass is 16.6. The van der Waals surface area contributed by atoms with Gasteiger partial charge in [-0.2, -0.15) is 9.78 Å². The minimum Gasteiger partial charge on any atom is -0.476 e. The summed E-state index contributed by atoms with van der Waals surface area (Å²) in [6, 6.07) is 0.448. The summed E-state index contributed by atoms with van der Waals surface area (Å²) in [6.07, 6.45) is 1.54. The molecule has 2 heterocycles. The number of aromatic carboxylic acids is 1. The largest absolute Gasteiger partial charge is 0.476 e. The Bertz CT molecular complexity index is 808. The Hall–Kier alpha value is -3.24. The summed E-state index contributed by atoms with van der Waals surface area (Å²) in [7, 11) is 1.44. The van der Waals surface area contributed by atoms with Crippen LogP contribution in [0.1, 0.15) is 35.6 Å². The van der Waals surface area contributed by atoms with Crippen molar-refractivity contribution in [2.24, 2.45) is 7.05 Å². The van der Waals surface area contributed by atoms with Crippen molar-refractivity contribution in [3.8, 4) is 0 Å². The fraction of sp³-hybridized carbons (Fsp3) is 0.385. The third kappa shape index (κ3) is 3.09.